The van der Waals surface area contributed by atoms with E-state index in [9.17, 15) is 23.1 Å². The Balaban J connectivity index is 1.73. The van der Waals surface area contributed by atoms with Gasteiger partial charge in [0.2, 0.25) is 5.88 Å². The second kappa shape index (κ2) is 8.68. The molecule has 3 aromatic rings. The highest BCUT2D eigenvalue weighted by molar-refractivity contribution is 7.10. The molecule has 2 aromatic carbocycles. The number of rotatable bonds is 4. The van der Waals surface area contributed by atoms with Crippen LogP contribution in [0.5, 0.6) is 5.88 Å². The summed E-state index contributed by atoms with van der Waals surface area (Å²) < 4.78 is 42.8. The zero-order chi connectivity index (χ0) is 24.0. The van der Waals surface area contributed by atoms with Crippen LogP contribution in [0, 0.1) is 0 Å². The number of alkyl halides is 3. The highest BCUT2D eigenvalue weighted by Gasteiger charge is 2.34. The molecule has 0 saturated carbocycles. The lowest BCUT2D eigenvalue weighted by molar-refractivity contribution is -0.138. The number of nitrogens with one attached hydrogen (secondary N) is 1. The average molecular weight is 507 g/mol. The molecule has 0 bridgehead atoms. The first-order valence-corrected chi connectivity index (χ1v) is 11.7. The minimum Gasteiger partial charge on any atom is -0.493 e. The van der Waals surface area contributed by atoms with Crippen LogP contribution in [0.2, 0.25) is 5.02 Å². The number of thiazole rings is 1. The molecule has 0 amide bonds. The molecule has 1 atom stereocenters. The largest absolute Gasteiger partial charge is 0.493 e. The van der Waals surface area contributed by atoms with Crippen molar-refractivity contribution >= 4 is 34.7 Å². The number of fused-ring (bicyclic) bond motifs is 1. The summed E-state index contributed by atoms with van der Waals surface area (Å²) in [5.74, 6) is -0.236. The lowest BCUT2D eigenvalue weighted by atomic mass is 9.96. The first-order valence-electron chi connectivity index (χ1n) is 10.5. The Kier molecular flexibility index (Phi) is 5.83. The van der Waals surface area contributed by atoms with E-state index in [2.05, 4.69) is 15.5 Å². The fourth-order valence-corrected chi connectivity index (χ4v) is 5.50. The van der Waals surface area contributed by atoms with Crippen LogP contribution in [-0.2, 0) is 12.6 Å². The molecule has 6 nitrogen and oxygen atoms in total. The van der Waals surface area contributed by atoms with Gasteiger partial charge in [-0.3, -0.25) is 9.36 Å². The zero-order valence-electron chi connectivity index (χ0n) is 17.6. The van der Waals surface area contributed by atoms with Crippen LogP contribution in [-0.4, -0.2) is 29.0 Å². The van der Waals surface area contributed by atoms with E-state index in [1.54, 1.807) is 24.4 Å². The first kappa shape index (κ1) is 22.8. The van der Waals surface area contributed by atoms with Crippen molar-refractivity contribution in [2.24, 2.45) is 10.2 Å². The van der Waals surface area contributed by atoms with Crippen LogP contribution in [0.3, 0.4) is 0 Å². The van der Waals surface area contributed by atoms with Gasteiger partial charge in [0, 0.05) is 23.6 Å². The summed E-state index contributed by atoms with van der Waals surface area (Å²) in [6.45, 7) is 1.25. The van der Waals surface area contributed by atoms with Crippen LogP contribution in [0.25, 0.3) is 5.57 Å². The van der Waals surface area contributed by atoms with Gasteiger partial charge in [0.05, 0.1) is 28.1 Å². The molecule has 0 spiro atoms. The monoisotopic (exact) mass is 506 g/mol. The number of benzene rings is 2. The van der Waals surface area contributed by atoms with Gasteiger partial charge < -0.3 is 10.4 Å². The number of aromatic nitrogens is 1. The molecule has 1 fully saturated rings. The molecule has 0 aliphatic carbocycles. The molecule has 0 unspecified atom stereocenters. The summed E-state index contributed by atoms with van der Waals surface area (Å²) in [5, 5.41) is 23.3. The lowest BCUT2D eigenvalue weighted by Crippen LogP contribution is -2.21. The Hall–Kier alpha value is -2.95. The quantitative estimate of drug-likeness (QED) is 0.570. The second-order valence-corrected chi connectivity index (χ2v) is 9.51. The SMILES string of the molecule is O=c1sc(C(Cc2ccc(Cl)cc2C(F)(F)F)=c2ccc3c(c2)C=NN=3)c(O)n1[C@H]1CCNC1. The molecule has 2 aliphatic rings. The van der Waals surface area contributed by atoms with E-state index in [0.717, 1.165) is 17.4 Å². The number of nitrogens with zero attached hydrogens (tertiary/aromatic N) is 3. The molecule has 34 heavy (non-hydrogen) atoms. The first-order chi connectivity index (χ1) is 16.2. The molecule has 176 valence electrons. The molecule has 5 rings (SSSR count). The zero-order valence-corrected chi connectivity index (χ0v) is 19.1. The van der Waals surface area contributed by atoms with Crippen molar-refractivity contribution in [3.05, 3.63) is 83.2 Å². The third-order valence-electron chi connectivity index (χ3n) is 5.97. The van der Waals surface area contributed by atoms with E-state index >= 15 is 0 Å². The summed E-state index contributed by atoms with van der Waals surface area (Å²) in [7, 11) is 0. The Morgan fingerprint density at radius 1 is 1.26 bits per heavy atom. The van der Waals surface area contributed by atoms with Crippen LogP contribution in [0.15, 0.2) is 51.4 Å². The van der Waals surface area contributed by atoms with E-state index < -0.39 is 11.7 Å². The van der Waals surface area contributed by atoms with Gasteiger partial charge in [0.15, 0.2) is 0 Å². The van der Waals surface area contributed by atoms with Gasteiger partial charge in [-0.1, -0.05) is 35.1 Å². The molecule has 2 aliphatic heterocycles. The Morgan fingerprint density at radius 2 is 2.09 bits per heavy atom. The highest BCUT2D eigenvalue weighted by atomic mass is 35.5. The Bertz CT molecular complexity index is 1490. The minimum absolute atomic E-state index is 0.0138. The van der Waals surface area contributed by atoms with Crippen LogP contribution < -0.4 is 20.8 Å². The number of halogens is 4. The number of aromatic hydroxyl groups is 1. The van der Waals surface area contributed by atoms with Crippen molar-refractivity contribution in [2.75, 3.05) is 13.1 Å². The third kappa shape index (κ3) is 4.17. The fourth-order valence-electron chi connectivity index (χ4n) is 4.32. The average Bonchev–Trinajstić information content (AvgIpc) is 3.52. The van der Waals surface area contributed by atoms with Crippen molar-refractivity contribution in [3.8, 4) is 5.88 Å². The number of hydrogen-bond donors (Lipinski definition) is 2. The molecular weight excluding hydrogens is 489 g/mol. The topological polar surface area (TPSA) is 79.0 Å². The predicted molar refractivity (Wildman–Crippen MR) is 124 cm³/mol. The fraction of sp³-hybridized carbons (Fsp3) is 0.261. The van der Waals surface area contributed by atoms with Crippen molar-refractivity contribution in [2.45, 2.75) is 25.1 Å². The second-order valence-electron chi connectivity index (χ2n) is 8.11. The van der Waals surface area contributed by atoms with Gasteiger partial charge >= 0.3 is 11.0 Å². The maximum atomic E-state index is 13.8. The molecule has 0 radical (unpaired) electrons. The number of hydrogen-bond acceptors (Lipinski definition) is 6. The maximum Gasteiger partial charge on any atom is 0.416 e. The maximum absolute atomic E-state index is 13.8. The predicted octanol–water partition coefficient (Wildman–Crippen LogP) is 3.23. The summed E-state index contributed by atoms with van der Waals surface area (Å²) in [5.41, 5.74) is 0.232. The van der Waals surface area contributed by atoms with Crippen molar-refractivity contribution in [1.29, 1.82) is 0 Å². The van der Waals surface area contributed by atoms with E-state index in [-0.39, 0.29) is 38.7 Å². The molecule has 2 N–H and O–H groups in total. The standard InChI is InChI=1S/C23H18ClF3N4O2S/c24-15-3-1-13(18(9-15)23(25,26)27)8-17(12-2-4-19-14(7-12)10-29-30-19)20-21(32)31(22(33)34-20)16-5-6-28-11-16/h1-4,7,9-10,16,28,32H,5-6,8,11H2/t16-/m0/s1. The Morgan fingerprint density at radius 3 is 2.82 bits per heavy atom. The smallest absolute Gasteiger partial charge is 0.416 e. The van der Waals surface area contributed by atoms with Gasteiger partial charge in [-0.25, -0.2) is 0 Å². The van der Waals surface area contributed by atoms with E-state index in [0.29, 0.717) is 41.2 Å². The third-order valence-corrected chi connectivity index (χ3v) is 7.21. The Labute approximate surface area is 200 Å². The summed E-state index contributed by atoms with van der Waals surface area (Å²) in [4.78, 5) is 12.7. The van der Waals surface area contributed by atoms with E-state index in [4.69, 9.17) is 11.6 Å². The van der Waals surface area contributed by atoms with Crippen molar-refractivity contribution < 1.29 is 18.3 Å². The van der Waals surface area contributed by atoms with Crippen LogP contribution in [0.1, 0.15) is 34.0 Å². The van der Waals surface area contributed by atoms with Gasteiger partial charge in [0.25, 0.3) is 0 Å². The minimum atomic E-state index is -4.62. The van der Waals surface area contributed by atoms with E-state index in [1.807, 2.05) is 0 Å². The summed E-state index contributed by atoms with van der Waals surface area (Å²) in [6, 6.07) is 8.57. The van der Waals surface area contributed by atoms with E-state index in [1.165, 1.54) is 16.7 Å². The van der Waals surface area contributed by atoms with Crippen LogP contribution in [0.4, 0.5) is 13.2 Å². The van der Waals surface area contributed by atoms with Gasteiger partial charge in [-0.2, -0.15) is 23.4 Å². The van der Waals surface area contributed by atoms with Gasteiger partial charge in [-0.05, 0) is 53.6 Å². The molecule has 3 heterocycles. The normalized spacial score (nSPS) is 18.2. The molecular formula is C23H18ClF3N4O2S. The highest BCUT2D eigenvalue weighted by Crippen LogP contribution is 2.37. The molecule has 1 saturated heterocycles. The van der Waals surface area contributed by atoms with Crippen molar-refractivity contribution in [3.63, 3.8) is 0 Å². The lowest BCUT2D eigenvalue weighted by Gasteiger charge is -2.16. The summed E-state index contributed by atoms with van der Waals surface area (Å²) in [6.07, 6.45) is -2.57. The van der Waals surface area contributed by atoms with Gasteiger partial charge in [-0.15, -0.1) is 0 Å². The van der Waals surface area contributed by atoms with Gasteiger partial charge in [0.1, 0.15) is 0 Å². The molecule has 1 aromatic heterocycles. The molecule has 11 heteroatoms. The van der Waals surface area contributed by atoms with Crippen LogP contribution >= 0.6 is 22.9 Å². The van der Waals surface area contributed by atoms with Crippen molar-refractivity contribution in [1.82, 2.24) is 9.88 Å². The summed E-state index contributed by atoms with van der Waals surface area (Å²) >= 11 is 6.69.